The molecule has 74 valence electrons. The Balaban J connectivity index is 2.17. The predicted molar refractivity (Wildman–Crippen MR) is 57.3 cm³/mol. The van der Waals surface area contributed by atoms with Crippen LogP contribution in [0.5, 0.6) is 0 Å². The molecule has 1 aromatic heterocycles. The summed E-state index contributed by atoms with van der Waals surface area (Å²) in [5.74, 6) is 5.16. The molecule has 0 fully saturated rings. The summed E-state index contributed by atoms with van der Waals surface area (Å²) in [5, 5.41) is 4.43. The van der Waals surface area contributed by atoms with Crippen molar-refractivity contribution in [3.8, 4) is 0 Å². The molecule has 0 spiro atoms. The second kappa shape index (κ2) is 4.23. The van der Waals surface area contributed by atoms with E-state index in [4.69, 9.17) is 5.84 Å². The molecule has 0 radical (unpaired) electrons. The Morgan fingerprint density at radius 3 is 3.00 bits per heavy atom. The second-order valence-corrected chi connectivity index (χ2v) is 3.17. The molecule has 0 saturated heterocycles. The van der Waals surface area contributed by atoms with E-state index in [0.717, 1.165) is 6.54 Å². The van der Waals surface area contributed by atoms with Crippen molar-refractivity contribution in [3.63, 3.8) is 0 Å². The van der Waals surface area contributed by atoms with E-state index >= 15 is 0 Å². The predicted octanol–water partition coefficient (Wildman–Crippen LogP) is 0.678. The van der Waals surface area contributed by atoms with E-state index in [1.54, 1.807) is 0 Å². The lowest BCUT2D eigenvalue weighted by Crippen LogP contribution is -2.33. The third-order valence-corrected chi connectivity index (χ3v) is 2.22. The van der Waals surface area contributed by atoms with Crippen LogP contribution in [0.3, 0.4) is 0 Å². The Labute approximate surface area is 82.5 Å². The van der Waals surface area contributed by atoms with Gasteiger partial charge in [0, 0.05) is 23.6 Å². The van der Waals surface area contributed by atoms with Crippen molar-refractivity contribution in [1.29, 1.82) is 0 Å². The Kier molecular flexibility index (Phi) is 2.78. The van der Waals surface area contributed by atoms with Gasteiger partial charge in [0.05, 0.1) is 6.67 Å². The smallest absolute Gasteiger partial charge is 0.0590 e. The molecule has 4 nitrogen and oxygen atoms in total. The average Bonchev–Trinajstić information content (AvgIpc) is 2.63. The van der Waals surface area contributed by atoms with E-state index in [-0.39, 0.29) is 0 Å². The fraction of sp³-hybridized carbons (Fsp3) is 0.200. The maximum atomic E-state index is 5.16. The van der Waals surface area contributed by atoms with E-state index in [2.05, 4.69) is 27.9 Å². The number of benzene rings is 1. The Bertz CT molecular complexity index is 407. The lowest BCUT2D eigenvalue weighted by Gasteiger charge is -2.01. The van der Waals surface area contributed by atoms with Gasteiger partial charge in [-0.3, -0.25) is 11.2 Å². The summed E-state index contributed by atoms with van der Waals surface area (Å²) < 4.78 is 0. The van der Waals surface area contributed by atoms with Crippen molar-refractivity contribution in [2.24, 2.45) is 5.84 Å². The first kappa shape index (κ1) is 9.21. The number of hydrogen-bond donors (Lipinski definition) is 4. The number of rotatable bonds is 4. The van der Waals surface area contributed by atoms with Gasteiger partial charge in [-0.05, 0) is 11.6 Å². The first-order valence-electron chi connectivity index (χ1n) is 4.61. The molecule has 1 aromatic carbocycles. The van der Waals surface area contributed by atoms with Crippen LogP contribution in [0.25, 0.3) is 10.9 Å². The van der Waals surface area contributed by atoms with Gasteiger partial charge in [-0.1, -0.05) is 18.2 Å². The lowest BCUT2D eigenvalue weighted by molar-refractivity contribution is 0.602. The van der Waals surface area contributed by atoms with E-state index in [0.29, 0.717) is 6.67 Å². The van der Waals surface area contributed by atoms with Crippen LogP contribution in [0.2, 0.25) is 0 Å². The number of nitrogens with two attached hydrogens (primary N) is 1. The van der Waals surface area contributed by atoms with Gasteiger partial charge >= 0.3 is 0 Å². The summed E-state index contributed by atoms with van der Waals surface area (Å²) in [6, 6.07) is 8.25. The van der Waals surface area contributed by atoms with Crippen LogP contribution in [0.15, 0.2) is 30.5 Å². The topological polar surface area (TPSA) is 65.9 Å². The molecular formula is C10H14N4. The number of hydrazine groups is 1. The first-order chi connectivity index (χ1) is 6.92. The minimum Gasteiger partial charge on any atom is -0.361 e. The molecule has 0 atom stereocenters. The van der Waals surface area contributed by atoms with E-state index in [9.17, 15) is 0 Å². The quantitative estimate of drug-likeness (QED) is 0.248. The van der Waals surface area contributed by atoms with Crippen LogP contribution in [0, 0.1) is 0 Å². The van der Waals surface area contributed by atoms with Crippen molar-refractivity contribution in [3.05, 3.63) is 36.0 Å². The van der Waals surface area contributed by atoms with Gasteiger partial charge in [0.15, 0.2) is 0 Å². The zero-order chi connectivity index (χ0) is 9.80. The normalized spacial score (nSPS) is 10.9. The van der Waals surface area contributed by atoms with E-state index in [1.807, 2.05) is 18.3 Å². The zero-order valence-electron chi connectivity index (χ0n) is 7.88. The Hall–Kier alpha value is -1.36. The van der Waals surface area contributed by atoms with Crippen molar-refractivity contribution in [2.45, 2.75) is 6.54 Å². The molecule has 4 heteroatoms. The van der Waals surface area contributed by atoms with Gasteiger partial charge in [0.2, 0.25) is 0 Å². The van der Waals surface area contributed by atoms with Crippen LogP contribution < -0.4 is 16.6 Å². The van der Waals surface area contributed by atoms with Crippen molar-refractivity contribution < 1.29 is 0 Å². The largest absolute Gasteiger partial charge is 0.361 e. The van der Waals surface area contributed by atoms with Gasteiger partial charge in [-0.25, -0.2) is 5.43 Å². The highest BCUT2D eigenvalue weighted by Gasteiger charge is 2.00. The second-order valence-electron chi connectivity index (χ2n) is 3.17. The molecule has 0 bridgehead atoms. The summed E-state index contributed by atoms with van der Waals surface area (Å²) in [7, 11) is 0. The molecule has 2 aromatic rings. The van der Waals surface area contributed by atoms with Crippen LogP contribution >= 0.6 is 0 Å². The summed E-state index contributed by atoms with van der Waals surface area (Å²) in [5.41, 5.74) is 4.99. The SMILES string of the molecule is NNCNCc1c[nH]c2ccccc12. The maximum absolute atomic E-state index is 5.16. The highest BCUT2D eigenvalue weighted by molar-refractivity contribution is 5.82. The number of nitrogens with one attached hydrogen (secondary N) is 3. The third kappa shape index (κ3) is 1.77. The number of fused-ring (bicyclic) bond motifs is 1. The fourth-order valence-electron chi connectivity index (χ4n) is 1.55. The van der Waals surface area contributed by atoms with Crippen molar-refractivity contribution in [1.82, 2.24) is 15.7 Å². The molecule has 14 heavy (non-hydrogen) atoms. The van der Waals surface area contributed by atoms with Crippen LogP contribution in [-0.2, 0) is 6.54 Å². The van der Waals surface area contributed by atoms with Gasteiger partial charge in [-0.2, -0.15) is 0 Å². The molecule has 0 amide bonds. The summed E-state index contributed by atoms with van der Waals surface area (Å²) in [4.78, 5) is 3.22. The minimum atomic E-state index is 0.611. The number of aromatic nitrogens is 1. The standard InChI is InChI=1S/C10H14N4/c11-14-7-12-5-8-6-13-10-4-2-1-3-9(8)10/h1-4,6,12-14H,5,7,11H2. The molecule has 0 unspecified atom stereocenters. The molecule has 5 N–H and O–H groups in total. The molecule has 0 aliphatic heterocycles. The average molecular weight is 190 g/mol. The monoisotopic (exact) mass is 190 g/mol. The molecule has 0 saturated carbocycles. The van der Waals surface area contributed by atoms with Crippen molar-refractivity contribution in [2.75, 3.05) is 6.67 Å². The van der Waals surface area contributed by atoms with E-state index in [1.165, 1.54) is 16.5 Å². The Morgan fingerprint density at radius 2 is 2.14 bits per heavy atom. The number of hydrogen-bond acceptors (Lipinski definition) is 3. The van der Waals surface area contributed by atoms with Gasteiger partial charge in [0.1, 0.15) is 0 Å². The third-order valence-electron chi connectivity index (χ3n) is 2.22. The van der Waals surface area contributed by atoms with Crippen LogP contribution in [0.4, 0.5) is 0 Å². The Morgan fingerprint density at radius 1 is 1.29 bits per heavy atom. The molecule has 0 aliphatic carbocycles. The number of para-hydroxylation sites is 1. The molecule has 2 rings (SSSR count). The summed E-state index contributed by atoms with van der Waals surface area (Å²) >= 11 is 0. The van der Waals surface area contributed by atoms with Crippen LogP contribution in [0.1, 0.15) is 5.56 Å². The first-order valence-corrected chi connectivity index (χ1v) is 4.61. The van der Waals surface area contributed by atoms with Crippen LogP contribution in [-0.4, -0.2) is 11.7 Å². The number of H-pyrrole nitrogens is 1. The highest BCUT2D eigenvalue weighted by atomic mass is 15.3. The highest BCUT2D eigenvalue weighted by Crippen LogP contribution is 2.16. The minimum absolute atomic E-state index is 0.611. The van der Waals surface area contributed by atoms with Crippen molar-refractivity contribution >= 4 is 10.9 Å². The van der Waals surface area contributed by atoms with E-state index < -0.39 is 0 Å². The van der Waals surface area contributed by atoms with Gasteiger partial charge in [0.25, 0.3) is 0 Å². The molecule has 0 aliphatic rings. The maximum Gasteiger partial charge on any atom is 0.0590 e. The lowest BCUT2D eigenvalue weighted by atomic mass is 10.2. The summed E-state index contributed by atoms with van der Waals surface area (Å²) in [6.45, 7) is 1.42. The van der Waals surface area contributed by atoms with Gasteiger partial charge in [-0.15, -0.1) is 0 Å². The molecular weight excluding hydrogens is 176 g/mol. The fourth-order valence-corrected chi connectivity index (χ4v) is 1.55. The van der Waals surface area contributed by atoms with Gasteiger partial charge < -0.3 is 4.98 Å². The summed E-state index contributed by atoms with van der Waals surface area (Å²) in [6.07, 6.45) is 2.02. The number of aromatic amines is 1. The molecule has 1 heterocycles. The zero-order valence-corrected chi connectivity index (χ0v) is 7.88.